The van der Waals surface area contributed by atoms with Crippen LogP contribution in [0.15, 0.2) is 48.5 Å². The number of rotatable bonds is 4. The van der Waals surface area contributed by atoms with E-state index in [9.17, 15) is 13.2 Å². The fourth-order valence-electron chi connectivity index (χ4n) is 2.16. The molecule has 0 heterocycles. The summed E-state index contributed by atoms with van der Waals surface area (Å²) in [6.07, 6.45) is -2.79. The average molecular weight is 293 g/mol. The normalized spacial score (nSPS) is 13.2. The van der Waals surface area contributed by atoms with Crippen LogP contribution in [0.3, 0.4) is 0 Å². The van der Waals surface area contributed by atoms with E-state index in [-0.39, 0.29) is 6.04 Å². The maximum absolute atomic E-state index is 12.5. The van der Waals surface area contributed by atoms with Crippen LogP contribution in [0.2, 0.25) is 0 Å². The zero-order chi connectivity index (χ0) is 15.5. The van der Waals surface area contributed by atoms with E-state index in [0.717, 1.165) is 24.1 Å². The van der Waals surface area contributed by atoms with Crippen molar-refractivity contribution in [2.75, 3.05) is 0 Å². The number of benzene rings is 2. The van der Waals surface area contributed by atoms with Crippen molar-refractivity contribution in [1.29, 1.82) is 0 Å². The summed E-state index contributed by atoms with van der Waals surface area (Å²) in [5.74, 6) is 0. The molecule has 0 aliphatic heterocycles. The molecule has 0 spiro atoms. The van der Waals surface area contributed by atoms with Gasteiger partial charge in [-0.05, 0) is 43.0 Å². The second-order valence-corrected chi connectivity index (χ2v) is 5.25. The second-order valence-electron chi connectivity index (χ2n) is 5.25. The van der Waals surface area contributed by atoms with Gasteiger partial charge in [0.15, 0.2) is 0 Å². The molecule has 0 saturated carbocycles. The summed E-state index contributed by atoms with van der Waals surface area (Å²) < 4.78 is 37.5. The van der Waals surface area contributed by atoms with Gasteiger partial charge < -0.3 is 5.73 Å². The molecule has 0 saturated heterocycles. The summed E-state index contributed by atoms with van der Waals surface area (Å²) in [4.78, 5) is 0. The first-order valence-electron chi connectivity index (χ1n) is 6.84. The van der Waals surface area contributed by atoms with Gasteiger partial charge in [-0.1, -0.05) is 42.0 Å². The van der Waals surface area contributed by atoms with Gasteiger partial charge in [0.1, 0.15) is 0 Å². The number of nitrogens with two attached hydrogens (primary N) is 1. The van der Waals surface area contributed by atoms with E-state index in [0.29, 0.717) is 6.42 Å². The number of hydrogen-bond donors (Lipinski definition) is 1. The molecule has 2 aromatic rings. The minimum absolute atomic E-state index is 0.256. The van der Waals surface area contributed by atoms with E-state index < -0.39 is 11.7 Å². The zero-order valence-corrected chi connectivity index (χ0v) is 11.8. The molecule has 2 N–H and O–H groups in total. The van der Waals surface area contributed by atoms with Gasteiger partial charge in [0.05, 0.1) is 5.56 Å². The second kappa shape index (κ2) is 6.31. The molecule has 2 aromatic carbocycles. The van der Waals surface area contributed by atoms with Crippen LogP contribution in [-0.4, -0.2) is 0 Å². The molecule has 1 atom stereocenters. The molecule has 0 amide bonds. The molecule has 2 rings (SSSR count). The van der Waals surface area contributed by atoms with Crippen molar-refractivity contribution in [2.24, 2.45) is 5.73 Å². The number of alkyl halides is 3. The molecular weight excluding hydrogens is 275 g/mol. The van der Waals surface area contributed by atoms with Crippen molar-refractivity contribution < 1.29 is 13.2 Å². The predicted octanol–water partition coefficient (Wildman–Crippen LogP) is 4.65. The Morgan fingerprint density at radius 3 is 2.05 bits per heavy atom. The molecule has 1 nitrogen and oxygen atoms in total. The van der Waals surface area contributed by atoms with Crippen LogP contribution < -0.4 is 5.73 Å². The molecular formula is C17H18F3N. The monoisotopic (exact) mass is 293 g/mol. The quantitative estimate of drug-likeness (QED) is 0.872. The molecule has 0 radical (unpaired) electrons. The highest BCUT2D eigenvalue weighted by atomic mass is 19.4. The highest BCUT2D eigenvalue weighted by molar-refractivity contribution is 5.27. The standard InChI is InChI=1S/C17H18F3N/c1-12-2-4-13(5-3-12)6-11-16(21)14-7-9-15(10-8-14)17(18,19)20/h2-5,7-10,16H,6,11,21H2,1H3. The van der Waals surface area contributed by atoms with Crippen molar-refractivity contribution in [3.63, 3.8) is 0 Å². The highest BCUT2D eigenvalue weighted by Crippen LogP contribution is 2.30. The van der Waals surface area contributed by atoms with E-state index in [1.165, 1.54) is 23.3 Å². The van der Waals surface area contributed by atoms with Crippen molar-refractivity contribution in [3.05, 3.63) is 70.8 Å². The van der Waals surface area contributed by atoms with Gasteiger partial charge >= 0.3 is 6.18 Å². The molecule has 0 aliphatic carbocycles. The molecule has 112 valence electrons. The summed E-state index contributed by atoms with van der Waals surface area (Å²) >= 11 is 0. The van der Waals surface area contributed by atoms with E-state index in [1.54, 1.807) is 0 Å². The van der Waals surface area contributed by atoms with E-state index in [1.807, 2.05) is 19.1 Å². The van der Waals surface area contributed by atoms with Gasteiger partial charge in [0, 0.05) is 6.04 Å². The Bertz CT molecular complexity index is 570. The van der Waals surface area contributed by atoms with Gasteiger partial charge in [0.25, 0.3) is 0 Å². The SMILES string of the molecule is Cc1ccc(CCC(N)c2ccc(C(F)(F)F)cc2)cc1. The Labute approximate surface area is 122 Å². The van der Waals surface area contributed by atoms with Crippen LogP contribution in [0, 0.1) is 6.92 Å². The minimum Gasteiger partial charge on any atom is -0.324 e. The van der Waals surface area contributed by atoms with E-state index in [2.05, 4.69) is 12.1 Å². The van der Waals surface area contributed by atoms with Crippen LogP contribution >= 0.6 is 0 Å². The lowest BCUT2D eigenvalue weighted by Gasteiger charge is -2.13. The lowest BCUT2D eigenvalue weighted by Crippen LogP contribution is -2.12. The maximum Gasteiger partial charge on any atom is 0.416 e. The lowest BCUT2D eigenvalue weighted by atomic mass is 9.98. The van der Waals surface area contributed by atoms with Crippen LogP contribution in [-0.2, 0) is 12.6 Å². The van der Waals surface area contributed by atoms with Crippen molar-refractivity contribution >= 4 is 0 Å². The van der Waals surface area contributed by atoms with Crippen LogP contribution in [0.4, 0.5) is 13.2 Å². The maximum atomic E-state index is 12.5. The first-order chi connectivity index (χ1) is 9.86. The van der Waals surface area contributed by atoms with E-state index in [4.69, 9.17) is 5.73 Å². The van der Waals surface area contributed by atoms with Crippen molar-refractivity contribution in [1.82, 2.24) is 0 Å². The molecule has 0 fully saturated rings. The van der Waals surface area contributed by atoms with Gasteiger partial charge in [-0.25, -0.2) is 0 Å². The molecule has 1 unspecified atom stereocenters. The summed E-state index contributed by atoms with van der Waals surface area (Å²) in [5.41, 5.74) is 8.52. The first-order valence-corrected chi connectivity index (χ1v) is 6.84. The number of hydrogen-bond acceptors (Lipinski definition) is 1. The zero-order valence-electron chi connectivity index (χ0n) is 11.8. The Hall–Kier alpha value is -1.81. The fourth-order valence-corrected chi connectivity index (χ4v) is 2.16. The smallest absolute Gasteiger partial charge is 0.324 e. The summed E-state index contributed by atoms with van der Waals surface area (Å²) in [5, 5.41) is 0. The largest absolute Gasteiger partial charge is 0.416 e. The van der Waals surface area contributed by atoms with Crippen LogP contribution in [0.1, 0.15) is 34.7 Å². The molecule has 0 aromatic heterocycles. The highest BCUT2D eigenvalue weighted by Gasteiger charge is 2.30. The average Bonchev–Trinajstić information content (AvgIpc) is 2.45. The Morgan fingerprint density at radius 2 is 1.52 bits per heavy atom. The first kappa shape index (κ1) is 15.6. The third-order valence-corrected chi connectivity index (χ3v) is 3.53. The van der Waals surface area contributed by atoms with Gasteiger partial charge in [0.2, 0.25) is 0 Å². The molecule has 4 heteroatoms. The topological polar surface area (TPSA) is 26.0 Å². The number of aryl methyl sites for hydroxylation is 2. The predicted molar refractivity (Wildman–Crippen MR) is 77.9 cm³/mol. The molecule has 0 aliphatic rings. The summed E-state index contributed by atoms with van der Waals surface area (Å²) in [6.45, 7) is 2.03. The number of halogens is 3. The van der Waals surface area contributed by atoms with Gasteiger partial charge in [-0.15, -0.1) is 0 Å². The van der Waals surface area contributed by atoms with Crippen LogP contribution in [0.25, 0.3) is 0 Å². The van der Waals surface area contributed by atoms with Crippen LogP contribution in [0.5, 0.6) is 0 Å². The fraction of sp³-hybridized carbons (Fsp3) is 0.294. The summed E-state index contributed by atoms with van der Waals surface area (Å²) in [6, 6.07) is 13.0. The Kier molecular flexibility index (Phi) is 4.68. The van der Waals surface area contributed by atoms with Gasteiger partial charge in [-0.2, -0.15) is 13.2 Å². The van der Waals surface area contributed by atoms with Crippen molar-refractivity contribution in [3.8, 4) is 0 Å². The van der Waals surface area contributed by atoms with E-state index >= 15 is 0 Å². The Morgan fingerprint density at radius 1 is 0.952 bits per heavy atom. The molecule has 21 heavy (non-hydrogen) atoms. The minimum atomic E-state index is -4.30. The lowest BCUT2D eigenvalue weighted by molar-refractivity contribution is -0.137. The third kappa shape index (κ3) is 4.33. The third-order valence-electron chi connectivity index (χ3n) is 3.53. The Balaban J connectivity index is 1.97. The van der Waals surface area contributed by atoms with Gasteiger partial charge in [-0.3, -0.25) is 0 Å². The molecule has 0 bridgehead atoms. The van der Waals surface area contributed by atoms with Crippen molar-refractivity contribution in [2.45, 2.75) is 32.0 Å². The summed E-state index contributed by atoms with van der Waals surface area (Å²) in [7, 11) is 0.